The van der Waals surface area contributed by atoms with Crippen molar-refractivity contribution in [2.75, 3.05) is 26.4 Å². The van der Waals surface area contributed by atoms with Gasteiger partial charge >= 0.3 is 0 Å². The summed E-state index contributed by atoms with van der Waals surface area (Å²) in [5.41, 5.74) is 1.99. The van der Waals surface area contributed by atoms with Gasteiger partial charge in [0.2, 0.25) is 10.0 Å². The maximum atomic E-state index is 12.5. The summed E-state index contributed by atoms with van der Waals surface area (Å²) < 4.78 is 38.8. The van der Waals surface area contributed by atoms with E-state index < -0.39 is 10.0 Å². The zero-order chi connectivity index (χ0) is 20.1. The molecule has 2 N–H and O–H groups in total. The predicted molar refractivity (Wildman–Crippen MR) is 120 cm³/mol. The van der Waals surface area contributed by atoms with Gasteiger partial charge in [0, 0.05) is 18.7 Å². The third kappa shape index (κ3) is 5.95. The lowest BCUT2D eigenvalue weighted by molar-refractivity contribution is 0.192. The molecular weight excluding hydrogens is 424 g/mol. The van der Waals surface area contributed by atoms with Crippen LogP contribution in [0.15, 0.2) is 53.4 Å². The minimum atomic E-state index is -3.52. The fourth-order valence-corrected chi connectivity index (χ4v) is 5.00. The van der Waals surface area contributed by atoms with E-state index >= 15 is 0 Å². The first kappa shape index (κ1) is 23.0. The van der Waals surface area contributed by atoms with Crippen molar-refractivity contribution in [2.45, 2.75) is 42.7 Å². The predicted octanol–water partition coefficient (Wildman–Crippen LogP) is 3.36. The number of benzene rings is 2. The van der Waals surface area contributed by atoms with Crippen molar-refractivity contribution < 1.29 is 17.9 Å². The zero-order valence-corrected chi connectivity index (χ0v) is 18.5. The first-order valence-corrected chi connectivity index (χ1v) is 11.8. The third-order valence-electron chi connectivity index (χ3n) is 5.47. The molecule has 2 unspecified atom stereocenters. The molecule has 30 heavy (non-hydrogen) atoms. The van der Waals surface area contributed by atoms with Crippen molar-refractivity contribution in [1.82, 2.24) is 10.0 Å². The first-order valence-electron chi connectivity index (χ1n) is 10.3. The number of piperidine rings is 1. The van der Waals surface area contributed by atoms with Crippen LogP contribution < -0.4 is 14.8 Å². The summed E-state index contributed by atoms with van der Waals surface area (Å²) in [5.74, 6) is 0.850. The normalized spacial score (nSPS) is 21.7. The molecule has 6 nitrogen and oxygen atoms in total. The van der Waals surface area contributed by atoms with Gasteiger partial charge in [-0.2, -0.15) is 0 Å². The van der Waals surface area contributed by atoms with E-state index in [1.54, 1.807) is 12.1 Å². The third-order valence-corrected chi connectivity index (χ3v) is 7.00. The van der Waals surface area contributed by atoms with Crippen LogP contribution in [0.2, 0.25) is 0 Å². The standard InChI is InChI=1S/C22H28N2O4S.ClH/c25-29(26,24-20-12-14-27-15-20)22-10-6-18(7-11-22)17-4-8-21(9-5-17)28-16-19-3-1-2-13-23-19;/h4-11,19-20,23-24H,1-3,12-16H2;1H. The Balaban J connectivity index is 0.00000256. The summed E-state index contributed by atoms with van der Waals surface area (Å²) in [6.45, 7) is 2.79. The fourth-order valence-electron chi connectivity index (χ4n) is 3.75. The molecule has 2 aliphatic heterocycles. The van der Waals surface area contributed by atoms with Gasteiger partial charge in [0.05, 0.1) is 11.5 Å². The highest BCUT2D eigenvalue weighted by molar-refractivity contribution is 7.89. The van der Waals surface area contributed by atoms with Gasteiger partial charge in [0.25, 0.3) is 0 Å². The molecule has 164 valence electrons. The molecule has 8 heteroatoms. The lowest BCUT2D eigenvalue weighted by Gasteiger charge is -2.23. The molecule has 0 radical (unpaired) electrons. The van der Waals surface area contributed by atoms with E-state index in [0.717, 1.165) is 29.8 Å². The summed E-state index contributed by atoms with van der Waals surface area (Å²) in [4.78, 5) is 0.271. The van der Waals surface area contributed by atoms with Crippen molar-refractivity contribution in [3.63, 3.8) is 0 Å². The molecule has 2 aromatic rings. The van der Waals surface area contributed by atoms with Crippen molar-refractivity contribution in [3.05, 3.63) is 48.5 Å². The molecule has 2 atom stereocenters. The van der Waals surface area contributed by atoms with Gasteiger partial charge in [-0.3, -0.25) is 0 Å². The Labute approximate surface area is 184 Å². The molecule has 0 spiro atoms. The summed E-state index contributed by atoms with van der Waals surface area (Å²) in [6.07, 6.45) is 4.38. The Kier molecular flexibility index (Phi) is 8.13. The largest absolute Gasteiger partial charge is 0.492 e. The van der Waals surface area contributed by atoms with Crippen LogP contribution in [0.3, 0.4) is 0 Å². The monoisotopic (exact) mass is 452 g/mol. The van der Waals surface area contributed by atoms with E-state index in [4.69, 9.17) is 9.47 Å². The summed E-state index contributed by atoms with van der Waals surface area (Å²) in [5, 5.41) is 3.48. The minimum absolute atomic E-state index is 0. The molecule has 0 saturated carbocycles. The number of rotatable bonds is 7. The smallest absolute Gasteiger partial charge is 0.240 e. The van der Waals surface area contributed by atoms with E-state index in [1.807, 2.05) is 36.4 Å². The highest BCUT2D eigenvalue weighted by Crippen LogP contribution is 2.24. The van der Waals surface area contributed by atoms with Gasteiger partial charge in [-0.25, -0.2) is 13.1 Å². The molecule has 0 aromatic heterocycles. The van der Waals surface area contributed by atoms with Crippen molar-refractivity contribution in [3.8, 4) is 16.9 Å². The number of nitrogens with one attached hydrogen (secondary N) is 2. The summed E-state index contributed by atoms with van der Waals surface area (Å²) in [6, 6.07) is 15.2. The quantitative estimate of drug-likeness (QED) is 0.673. The van der Waals surface area contributed by atoms with Crippen LogP contribution >= 0.6 is 12.4 Å². The molecule has 0 bridgehead atoms. The van der Waals surface area contributed by atoms with E-state index in [2.05, 4.69) is 10.0 Å². The topological polar surface area (TPSA) is 76.7 Å². The Morgan fingerprint density at radius 3 is 2.30 bits per heavy atom. The Bertz CT molecular complexity index is 892. The van der Waals surface area contributed by atoms with Gasteiger partial charge in [0.1, 0.15) is 12.4 Å². The maximum absolute atomic E-state index is 12.5. The summed E-state index contributed by atoms with van der Waals surface area (Å²) in [7, 11) is -3.52. The first-order chi connectivity index (χ1) is 14.1. The molecular formula is C22H29ClN2O4S. The van der Waals surface area contributed by atoms with Crippen molar-refractivity contribution in [2.24, 2.45) is 0 Å². The lowest BCUT2D eigenvalue weighted by atomic mass is 10.1. The zero-order valence-electron chi connectivity index (χ0n) is 16.9. The van der Waals surface area contributed by atoms with Crippen molar-refractivity contribution >= 4 is 22.4 Å². The molecule has 4 rings (SSSR count). The van der Waals surface area contributed by atoms with E-state index in [-0.39, 0.29) is 23.3 Å². The fraction of sp³-hybridized carbons (Fsp3) is 0.455. The van der Waals surface area contributed by atoms with Gasteiger partial charge < -0.3 is 14.8 Å². The van der Waals surface area contributed by atoms with Crippen LogP contribution in [0.1, 0.15) is 25.7 Å². The maximum Gasteiger partial charge on any atom is 0.240 e. The van der Waals surface area contributed by atoms with E-state index in [1.165, 1.54) is 12.8 Å². The van der Waals surface area contributed by atoms with Crippen LogP contribution in [0.5, 0.6) is 5.75 Å². The van der Waals surface area contributed by atoms with Crippen LogP contribution in [-0.4, -0.2) is 46.9 Å². The molecule has 0 aliphatic carbocycles. The minimum Gasteiger partial charge on any atom is -0.492 e. The number of sulfonamides is 1. The van der Waals surface area contributed by atoms with Crippen LogP contribution in [0.4, 0.5) is 0 Å². The molecule has 2 fully saturated rings. The number of hydrogen-bond donors (Lipinski definition) is 2. The Hall–Kier alpha value is -1.64. The molecule has 2 aliphatic rings. The van der Waals surface area contributed by atoms with Gasteiger partial charge in [-0.05, 0) is 61.2 Å². The molecule has 2 saturated heterocycles. The Morgan fingerprint density at radius 1 is 1.00 bits per heavy atom. The second-order valence-corrected chi connectivity index (χ2v) is 9.40. The van der Waals surface area contributed by atoms with Crippen LogP contribution in [0, 0.1) is 0 Å². The van der Waals surface area contributed by atoms with E-state index in [9.17, 15) is 8.42 Å². The van der Waals surface area contributed by atoms with Gasteiger partial charge in [-0.1, -0.05) is 30.7 Å². The van der Waals surface area contributed by atoms with Gasteiger partial charge in [-0.15, -0.1) is 12.4 Å². The number of hydrogen-bond acceptors (Lipinski definition) is 5. The highest BCUT2D eigenvalue weighted by atomic mass is 35.5. The summed E-state index contributed by atoms with van der Waals surface area (Å²) >= 11 is 0. The molecule has 2 heterocycles. The van der Waals surface area contributed by atoms with Crippen LogP contribution in [0.25, 0.3) is 11.1 Å². The van der Waals surface area contributed by atoms with E-state index in [0.29, 0.717) is 32.3 Å². The highest BCUT2D eigenvalue weighted by Gasteiger charge is 2.23. The Morgan fingerprint density at radius 2 is 1.70 bits per heavy atom. The molecule has 2 aromatic carbocycles. The molecule has 0 amide bonds. The van der Waals surface area contributed by atoms with Crippen LogP contribution in [-0.2, 0) is 14.8 Å². The average molecular weight is 453 g/mol. The lowest BCUT2D eigenvalue weighted by Crippen LogP contribution is -2.38. The number of halogens is 1. The number of ether oxygens (including phenoxy) is 2. The SMILES string of the molecule is Cl.O=S(=O)(NC1CCOC1)c1ccc(-c2ccc(OCC3CCCCN3)cc2)cc1. The second-order valence-electron chi connectivity index (χ2n) is 7.69. The van der Waals surface area contributed by atoms with Gasteiger partial charge in [0.15, 0.2) is 0 Å². The van der Waals surface area contributed by atoms with Crippen molar-refractivity contribution in [1.29, 1.82) is 0 Å². The average Bonchev–Trinajstić information content (AvgIpc) is 3.26. The second kappa shape index (κ2) is 10.6.